The van der Waals surface area contributed by atoms with Crippen molar-refractivity contribution in [2.45, 2.75) is 19.3 Å². The highest BCUT2D eigenvalue weighted by Gasteiger charge is 2.47. The molecule has 8 nitrogen and oxygen atoms in total. The lowest BCUT2D eigenvalue weighted by atomic mass is 9.90. The van der Waals surface area contributed by atoms with Crippen LogP contribution in [-0.2, 0) is 21.9 Å². The highest BCUT2D eigenvalue weighted by molar-refractivity contribution is 6.31. The second-order valence-electron chi connectivity index (χ2n) is 7.76. The molecule has 0 saturated heterocycles. The number of hydrogen-bond acceptors (Lipinski definition) is 6. The molecule has 0 fully saturated rings. The Morgan fingerprint density at radius 3 is 2.46 bits per heavy atom. The number of ether oxygens (including phenoxy) is 1. The Hall–Kier alpha value is -3.59. The molecule has 3 aromatic rings. The summed E-state index contributed by atoms with van der Waals surface area (Å²) < 4.78 is 5.26. The van der Waals surface area contributed by atoms with E-state index in [0.717, 1.165) is 5.56 Å². The molecular formula is C25H22Cl2N4O4. The molecule has 0 aromatic heterocycles. The molecule has 3 aromatic carbocycles. The molecule has 1 unspecified atom stereocenters. The number of carbonyl (C=O) groups is 2. The van der Waals surface area contributed by atoms with Crippen LogP contribution in [0.5, 0.6) is 0 Å². The summed E-state index contributed by atoms with van der Waals surface area (Å²) in [7, 11) is 0. The highest BCUT2D eigenvalue weighted by Crippen LogP contribution is 2.44. The smallest absolute Gasteiger partial charge is 0.407 e. The SMILES string of the molecule is CC(=O)NN1C(CNC(=O)OCc2ccccc2)=Nc2ccc(Cl)cc2C1(O)c1ccccc1Cl. The topological polar surface area (TPSA) is 103 Å². The molecule has 0 saturated carbocycles. The molecule has 0 bridgehead atoms. The first kappa shape index (κ1) is 24.5. The van der Waals surface area contributed by atoms with Gasteiger partial charge in [0.15, 0.2) is 0 Å². The van der Waals surface area contributed by atoms with E-state index >= 15 is 0 Å². The molecule has 180 valence electrons. The number of aliphatic hydroxyl groups is 1. The van der Waals surface area contributed by atoms with Crippen LogP contribution in [-0.4, -0.2) is 34.5 Å². The number of benzene rings is 3. The first-order valence-corrected chi connectivity index (χ1v) is 11.4. The fourth-order valence-corrected chi connectivity index (χ4v) is 4.18. The van der Waals surface area contributed by atoms with Gasteiger partial charge in [-0.25, -0.2) is 14.8 Å². The summed E-state index contributed by atoms with van der Waals surface area (Å²) in [4.78, 5) is 29.1. The third kappa shape index (κ3) is 5.24. The lowest BCUT2D eigenvalue weighted by molar-refractivity contribution is -0.132. The summed E-state index contributed by atoms with van der Waals surface area (Å²) in [5.74, 6) is -0.325. The van der Waals surface area contributed by atoms with E-state index in [9.17, 15) is 14.7 Å². The number of carbonyl (C=O) groups excluding carboxylic acids is 2. The van der Waals surface area contributed by atoms with Crippen molar-refractivity contribution in [3.8, 4) is 0 Å². The molecule has 3 N–H and O–H groups in total. The Morgan fingerprint density at radius 2 is 1.74 bits per heavy atom. The van der Waals surface area contributed by atoms with Crippen LogP contribution < -0.4 is 10.7 Å². The fourth-order valence-electron chi connectivity index (χ4n) is 3.74. The third-order valence-corrected chi connectivity index (χ3v) is 5.85. The zero-order valence-corrected chi connectivity index (χ0v) is 20.2. The van der Waals surface area contributed by atoms with Gasteiger partial charge in [0.25, 0.3) is 0 Å². The Balaban J connectivity index is 1.68. The zero-order chi connectivity index (χ0) is 25.0. The van der Waals surface area contributed by atoms with Gasteiger partial charge in [0.2, 0.25) is 11.6 Å². The number of nitrogens with zero attached hydrogens (tertiary/aromatic N) is 2. The average molecular weight is 513 g/mol. The number of hydrazine groups is 1. The lowest BCUT2D eigenvalue weighted by Gasteiger charge is -2.44. The molecule has 0 spiro atoms. The number of alkyl carbamates (subject to hydrolysis) is 1. The quantitative estimate of drug-likeness (QED) is 0.450. The standard InChI is InChI=1S/C25H22Cl2N4O4/c1-16(32)30-31-23(14-28-24(33)35-15-17-7-3-2-4-8-17)29-22-12-11-18(26)13-20(22)25(31,34)19-9-5-6-10-21(19)27/h2-13,34H,14-15H2,1H3,(H,28,33)(H,30,32). The molecule has 35 heavy (non-hydrogen) atoms. The molecule has 0 aliphatic carbocycles. The van der Waals surface area contributed by atoms with Crippen LogP contribution in [0.1, 0.15) is 23.6 Å². The molecule has 1 atom stereocenters. The number of fused-ring (bicyclic) bond motifs is 1. The van der Waals surface area contributed by atoms with Crippen LogP contribution >= 0.6 is 23.2 Å². The fraction of sp³-hybridized carbons (Fsp3) is 0.160. The number of halogens is 2. The maximum atomic E-state index is 12.4. The largest absolute Gasteiger partial charge is 0.445 e. The van der Waals surface area contributed by atoms with Crippen molar-refractivity contribution >= 4 is 46.7 Å². The maximum absolute atomic E-state index is 12.4. The van der Waals surface area contributed by atoms with Gasteiger partial charge in [-0.1, -0.05) is 71.7 Å². The number of amides is 2. The van der Waals surface area contributed by atoms with Crippen molar-refractivity contribution in [3.63, 3.8) is 0 Å². The van der Waals surface area contributed by atoms with E-state index in [4.69, 9.17) is 27.9 Å². The minimum atomic E-state index is -1.98. The molecule has 1 heterocycles. The van der Waals surface area contributed by atoms with E-state index in [-0.39, 0.29) is 29.6 Å². The van der Waals surface area contributed by atoms with Gasteiger partial charge in [0.1, 0.15) is 12.4 Å². The Morgan fingerprint density at radius 1 is 1.03 bits per heavy atom. The van der Waals surface area contributed by atoms with Crippen molar-refractivity contribution in [2.75, 3.05) is 6.54 Å². The first-order chi connectivity index (χ1) is 16.8. The Bertz CT molecular complexity index is 1290. The molecule has 0 radical (unpaired) electrons. The molecular weight excluding hydrogens is 491 g/mol. The van der Waals surface area contributed by atoms with E-state index < -0.39 is 17.7 Å². The van der Waals surface area contributed by atoms with Gasteiger partial charge in [-0.3, -0.25) is 10.2 Å². The Labute approximate surface area is 212 Å². The monoisotopic (exact) mass is 512 g/mol. The average Bonchev–Trinajstić information content (AvgIpc) is 2.84. The molecule has 2 amide bonds. The van der Waals surface area contributed by atoms with E-state index in [1.807, 2.05) is 30.3 Å². The number of hydrogen-bond donors (Lipinski definition) is 3. The van der Waals surface area contributed by atoms with Crippen LogP contribution in [0.3, 0.4) is 0 Å². The van der Waals surface area contributed by atoms with E-state index in [1.165, 1.54) is 11.9 Å². The van der Waals surface area contributed by atoms with Crippen LogP contribution in [0, 0.1) is 0 Å². The molecule has 10 heteroatoms. The van der Waals surface area contributed by atoms with Crippen LogP contribution in [0.2, 0.25) is 10.0 Å². The summed E-state index contributed by atoms with van der Waals surface area (Å²) in [5, 5.41) is 16.5. The van der Waals surface area contributed by atoms with Crippen molar-refractivity contribution in [1.82, 2.24) is 15.8 Å². The zero-order valence-electron chi connectivity index (χ0n) is 18.7. The second kappa shape index (κ2) is 10.4. The van der Waals surface area contributed by atoms with E-state index in [2.05, 4.69) is 15.7 Å². The summed E-state index contributed by atoms with van der Waals surface area (Å²) in [5.41, 5.74) is 2.46. The van der Waals surface area contributed by atoms with Gasteiger partial charge in [-0.2, -0.15) is 0 Å². The van der Waals surface area contributed by atoms with Gasteiger partial charge >= 0.3 is 6.09 Å². The number of rotatable bonds is 6. The molecule has 1 aliphatic rings. The summed E-state index contributed by atoms with van der Waals surface area (Å²) >= 11 is 12.7. The van der Waals surface area contributed by atoms with Gasteiger partial charge < -0.3 is 15.2 Å². The Kier molecular flexibility index (Phi) is 7.25. The van der Waals surface area contributed by atoms with Crippen molar-refractivity contribution < 1.29 is 19.4 Å². The normalized spacial score (nSPS) is 16.7. The predicted octanol–water partition coefficient (Wildman–Crippen LogP) is 4.51. The second-order valence-corrected chi connectivity index (χ2v) is 8.60. The third-order valence-electron chi connectivity index (χ3n) is 5.29. The predicted molar refractivity (Wildman–Crippen MR) is 133 cm³/mol. The van der Waals surface area contributed by atoms with Crippen LogP contribution in [0.25, 0.3) is 0 Å². The van der Waals surface area contributed by atoms with Gasteiger partial charge in [-0.05, 0) is 29.8 Å². The summed E-state index contributed by atoms with van der Waals surface area (Å²) in [6.45, 7) is 1.21. The van der Waals surface area contributed by atoms with Crippen LogP contribution in [0.15, 0.2) is 77.8 Å². The number of nitrogens with one attached hydrogen (secondary N) is 2. The van der Waals surface area contributed by atoms with Crippen LogP contribution in [0.4, 0.5) is 10.5 Å². The summed E-state index contributed by atoms with van der Waals surface area (Å²) in [6, 6.07) is 20.7. The number of aliphatic imine (C=N–C) groups is 1. The highest BCUT2D eigenvalue weighted by atomic mass is 35.5. The first-order valence-electron chi connectivity index (χ1n) is 10.7. The summed E-state index contributed by atoms with van der Waals surface area (Å²) in [6.07, 6.45) is -0.692. The maximum Gasteiger partial charge on any atom is 0.407 e. The van der Waals surface area contributed by atoms with Gasteiger partial charge in [0, 0.05) is 28.1 Å². The van der Waals surface area contributed by atoms with E-state index in [1.54, 1.807) is 42.5 Å². The van der Waals surface area contributed by atoms with Crippen molar-refractivity contribution in [2.24, 2.45) is 4.99 Å². The minimum absolute atomic E-state index is 0.0828. The van der Waals surface area contributed by atoms with Gasteiger partial charge in [0.05, 0.1) is 12.2 Å². The van der Waals surface area contributed by atoms with Gasteiger partial charge in [-0.15, -0.1) is 0 Å². The van der Waals surface area contributed by atoms with Crippen molar-refractivity contribution in [1.29, 1.82) is 0 Å². The number of amidine groups is 1. The minimum Gasteiger partial charge on any atom is -0.445 e. The lowest BCUT2D eigenvalue weighted by Crippen LogP contribution is -2.61. The molecule has 4 rings (SSSR count). The van der Waals surface area contributed by atoms with Crippen molar-refractivity contribution in [3.05, 3.63) is 99.5 Å². The van der Waals surface area contributed by atoms with E-state index in [0.29, 0.717) is 16.3 Å². The molecule has 1 aliphatic heterocycles.